The lowest BCUT2D eigenvalue weighted by atomic mass is 9.92. The molecule has 2 aliphatic heterocycles. The van der Waals surface area contributed by atoms with Crippen LogP contribution in [-0.4, -0.2) is 56.1 Å². The van der Waals surface area contributed by atoms with Crippen molar-refractivity contribution in [2.75, 3.05) is 44.3 Å². The summed E-state index contributed by atoms with van der Waals surface area (Å²) in [7, 11) is 0. The summed E-state index contributed by atoms with van der Waals surface area (Å²) in [6.07, 6.45) is 1.70. The van der Waals surface area contributed by atoms with Crippen LogP contribution in [0.25, 0.3) is 0 Å². The first-order valence-electron chi connectivity index (χ1n) is 13.4. The van der Waals surface area contributed by atoms with E-state index in [1.807, 2.05) is 71.6 Å². The molecule has 3 aliphatic rings. The van der Waals surface area contributed by atoms with E-state index >= 15 is 0 Å². The van der Waals surface area contributed by atoms with Gasteiger partial charge < -0.3 is 15.0 Å². The van der Waals surface area contributed by atoms with Crippen LogP contribution in [0.2, 0.25) is 5.02 Å². The van der Waals surface area contributed by atoms with Crippen LogP contribution in [0.15, 0.2) is 72.8 Å². The number of fused-ring (bicyclic) bond motifs is 2. The number of para-hydroxylation sites is 1. The van der Waals surface area contributed by atoms with Gasteiger partial charge in [-0.1, -0.05) is 54.1 Å². The Bertz CT molecular complexity index is 1340. The van der Waals surface area contributed by atoms with Gasteiger partial charge in [0.15, 0.2) is 0 Å². The number of carbonyl (C=O) groups is 2. The Kier molecular flexibility index (Phi) is 6.95. The second-order valence-electron chi connectivity index (χ2n) is 10.5. The van der Waals surface area contributed by atoms with E-state index in [1.165, 1.54) is 0 Å². The number of rotatable bonds is 8. The van der Waals surface area contributed by atoms with Crippen LogP contribution in [0.4, 0.5) is 5.69 Å². The molecule has 1 spiro atoms. The number of hydrogen-bond donors (Lipinski definition) is 1. The Balaban J connectivity index is 1.13. The molecule has 1 N–H and O–H groups in total. The Morgan fingerprint density at radius 1 is 1.03 bits per heavy atom. The lowest BCUT2D eigenvalue weighted by Gasteiger charge is -2.26. The molecule has 2 atom stereocenters. The molecule has 6 rings (SSSR count). The predicted octanol–water partition coefficient (Wildman–Crippen LogP) is 4.76. The zero-order valence-electron chi connectivity index (χ0n) is 21.4. The maximum atomic E-state index is 13.9. The van der Waals surface area contributed by atoms with Gasteiger partial charge in [-0.15, -0.1) is 0 Å². The Hall–Kier alpha value is -3.19. The van der Waals surface area contributed by atoms with Crippen molar-refractivity contribution in [2.45, 2.75) is 30.7 Å². The molecule has 2 amide bonds. The van der Waals surface area contributed by atoms with E-state index in [0.29, 0.717) is 23.7 Å². The minimum Gasteiger partial charge on any atom is -0.379 e. The summed E-state index contributed by atoms with van der Waals surface area (Å²) in [4.78, 5) is 31.0. The van der Waals surface area contributed by atoms with E-state index in [9.17, 15) is 9.59 Å². The third-order valence-corrected chi connectivity index (χ3v) is 8.36. The number of anilines is 1. The predicted molar refractivity (Wildman–Crippen MR) is 149 cm³/mol. The fourth-order valence-electron chi connectivity index (χ4n) is 6.03. The van der Waals surface area contributed by atoms with Crippen LogP contribution in [0, 0.1) is 0 Å². The summed E-state index contributed by atoms with van der Waals surface area (Å²) in [6, 6.07) is 23.6. The van der Waals surface area contributed by atoms with Gasteiger partial charge in [-0.25, -0.2) is 0 Å². The SMILES string of the molecule is O=C(NCCCN1CCOCC1)c1cccc(CN2C(=O)C3(CC3c3ccc(Cl)cc3)c3ccccc32)c1. The number of amides is 2. The van der Waals surface area contributed by atoms with Crippen molar-refractivity contribution in [2.24, 2.45) is 0 Å². The average molecular weight is 530 g/mol. The molecule has 3 aromatic carbocycles. The molecule has 2 heterocycles. The van der Waals surface area contributed by atoms with E-state index in [1.54, 1.807) is 0 Å². The van der Waals surface area contributed by atoms with Crippen LogP contribution in [-0.2, 0) is 21.5 Å². The highest BCUT2D eigenvalue weighted by Crippen LogP contribution is 2.66. The number of nitrogens with zero attached hydrogens (tertiary/aromatic N) is 2. The van der Waals surface area contributed by atoms with Gasteiger partial charge in [-0.2, -0.15) is 0 Å². The molecule has 2 fully saturated rings. The molecule has 7 heteroatoms. The molecule has 196 valence electrons. The highest BCUT2D eigenvalue weighted by molar-refractivity contribution is 6.30. The standard InChI is InChI=1S/C31H32ClN3O3/c32-25-11-9-23(10-12-25)27-20-31(27)26-7-1-2-8-28(26)35(30(31)37)21-22-5-3-6-24(19-22)29(36)33-13-4-14-34-15-17-38-18-16-34/h1-3,5-12,19,27H,4,13-18,20-21H2,(H,33,36). The molecule has 1 aliphatic carbocycles. The molecule has 1 saturated heterocycles. The summed E-state index contributed by atoms with van der Waals surface area (Å²) < 4.78 is 5.39. The van der Waals surface area contributed by atoms with E-state index in [4.69, 9.17) is 16.3 Å². The van der Waals surface area contributed by atoms with E-state index in [2.05, 4.69) is 16.3 Å². The molecule has 0 radical (unpaired) electrons. The van der Waals surface area contributed by atoms with Crippen molar-refractivity contribution in [1.29, 1.82) is 0 Å². The van der Waals surface area contributed by atoms with Crippen molar-refractivity contribution in [3.05, 3.63) is 100 Å². The van der Waals surface area contributed by atoms with Gasteiger partial charge in [0.2, 0.25) is 5.91 Å². The topological polar surface area (TPSA) is 61.9 Å². The number of benzene rings is 3. The van der Waals surface area contributed by atoms with Crippen molar-refractivity contribution in [1.82, 2.24) is 10.2 Å². The van der Waals surface area contributed by atoms with E-state index in [-0.39, 0.29) is 17.7 Å². The summed E-state index contributed by atoms with van der Waals surface area (Å²) in [5.41, 5.74) is 4.25. The number of halogens is 1. The monoisotopic (exact) mass is 529 g/mol. The number of nitrogens with one attached hydrogen (secondary N) is 1. The first-order chi connectivity index (χ1) is 18.6. The second-order valence-corrected chi connectivity index (χ2v) is 10.9. The maximum Gasteiger partial charge on any atom is 0.251 e. The number of carbonyl (C=O) groups excluding carboxylic acids is 2. The van der Waals surface area contributed by atoms with Crippen LogP contribution in [0.1, 0.15) is 45.8 Å². The van der Waals surface area contributed by atoms with Crippen molar-refractivity contribution in [3.8, 4) is 0 Å². The van der Waals surface area contributed by atoms with Gasteiger partial charge >= 0.3 is 0 Å². The maximum absolute atomic E-state index is 13.9. The van der Waals surface area contributed by atoms with Crippen molar-refractivity contribution < 1.29 is 14.3 Å². The van der Waals surface area contributed by atoms with Gasteiger partial charge in [-0.3, -0.25) is 14.5 Å². The third-order valence-electron chi connectivity index (χ3n) is 8.11. The van der Waals surface area contributed by atoms with Gasteiger partial charge in [0.1, 0.15) is 0 Å². The summed E-state index contributed by atoms with van der Waals surface area (Å²) in [5, 5.41) is 3.75. The Morgan fingerprint density at radius 3 is 2.63 bits per heavy atom. The van der Waals surface area contributed by atoms with Gasteiger partial charge in [-0.05, 0) is 66.4 Å². The zero-order valence-corrected chi connectivity index (χ0v) is 22.1. The lowest BCUT2D eigenvalue weighted by molar-refractivity contribution is -0.120. The largest absolute Gasteiger partial charge is 0.379 e. The number of morpholine rings is 1. The Morgan fingerprint density at radius 2 is 1.82 bits per heavy atom. The molecule has 3 aromatic rings. The Labute approximate surface area is 228 Å². The lowest BCUT2D eigenvalue weighted by Crippen LogP contribution is -2.38. The normalized spacial score (nSPS) is 22.5. The van der Waals surface area contributed by atoms with E-state index < -0.39 is 5.41 Å². The average Bonchev–Trinajstić information content (AvgIpc) is 3.67. The zero-order chi connectivity index (χ0) is 26.1. The van der Waals surface area contributed by atoms with Crippen LogP contribution in [0.3, 0.4) is 0 Å². The quantitative estimate of drug-likeness (QED) is 0.427. The first kappa shape index (κ1) is 25.1. The van der Waals surface area contributed by atoms with Crippen molar-refractivity contribution in [3.63, 3.8) is 0 Å². The molecule has 6 nitrogen and oxygen atoms in total. The second kappa shape index (κ2) is 10.5. The molecule has 0 bridgehead atoms. The highest BCUT2D eigenvalue weighted by Gasteiger charge is 2.67. The first-order valence-corrected chi connectivity index (χ1v) is 13.8. The highest BCUT2D eigenvalue weighted by atomic mass is 35.5. The van der Waals surface area contributed by atoms with Gasteiger partial charge in [0.25, 0.3) is 5.91 Å². The van der Waals surface area contributed by atoms with Gasteiger partial charge in [0.05, 0.1) is 25.2 Å². The summed E-state index contributed by atoms with van der Waals surface area (Å²) in [5.74, 6) is 0.202. The summed E-state index contributed by atoms with van der Waals surface area (Å²) in [6.45, 7) is 5.50. The van der Waals surface area contributed by atoms with Crippen LogP contribution in [0.5, 0.6) is 0 Å². The summed E-state index contributed by atoms with van der Waals surface area (Å²) >= 11 is 6.10. The smallest absolute Gasteiger partial charge is 0.251 e. The molecular weight excluding hydrogens is 498 g/mol. The fraction of sp³-hybridized carbons (Fsp3) is 0.355. The van der Waals surface area contributed by atoms with Gasteiger partial charge in [0, 0.05) is 41.8 Å². The third kappa shape index (κ3) is 4.73. The van der Waals surface area contributed by atoms with E-state index in [0.717, 1.165) is 68.1 Å². The molecular formula is C31H32ClN3O3. The molecule has 0 aromatic heterocycles. The molecule has 38 heavy (non-hydrogen) atoms. The molecule has 1 saturated carbocycles. The van der Waals surface area contributed by atoms with Crippen molar-refractivity contribution >= 4 is 29.1 Å². The fourth-order valence-corrected chi connectivity index (χ4v) is 6.15. The number of ether oxygens (including phenoxy) is 1. The van der Waals surface area contributed by atoms with Crippen LogP contribution >= 0.6 is 11.6 Å². The van der Waals surface area contributed by atoms with Crippen LogP contribution < -0.4 is 10.2 Å². The minimum atomic E-state index is -0.514. The number of hydrogen-bond acceptors (Lipinski definition) is 4. The minimum absolute atomic E-state index is 0.0801. The molecule has 2 unspecified atom stereocenters.